The zero-order valence-corrected chi connectivity index (χ0v) is 12.2. The van der Waals surface area contributed by atoms with Gasteiger partial charge in [-0.3, -0.25) is 14.5 Å². The zero-order valence-electron chi connectivity index (χ0n) is 12.2. The van der Waals surface area contributed by atoms with Gasteiger partial charge in [0.1, 0.15) is 0 Å². The molecule has 4 nitrogen and oxygen atoms in total. The number of imide groups is 1. The third-order valence-electron chi connectivity index (χ3n) is 4.82. The number of likely N-dealkylation sites (tertiary alicyclic amines) is 1. The maximum atomic E-state index is 12.4. The summed E-state index contributed by atoms with van der Waals surface area (Å²) in [5.41, 5.74) is 7.21. The van der Waals surface area contributed by atoms with Crippen molar-refractivity contribution >= 4 is 11.8 Å². The van der Waals surface area contributed by atoms with E-state index >= 15 is 0 Å². The van der Waals surface area contributed by atoms with E-state index in [9.17, 15) is 9.59 Å². The number of benzene rings is 1. The maximum Gasteiger partial charge on any atom is 0.233 e. The van der Waals surface area contributed by atoms with Crippen LogP contribution in [0.4, 0.5) is 0 Å². The van der Waals surface area contributed by atoms with Crippen molar-refractivity contribution in [1.29, 1.82) is 0 Å². The molecule has 0 spiro atoms. The Hall–Kier alpha value is -1.68. The predicted octanol–water partition coefficient (Wildman–Crippen LogP) is 2.25. The number of hydrogen-bond acceptors (Lipinski definition) is 3. The molecule has 3 rings (SSSR count). The Labute approximate surface area is 125 Å². The Morgan fingerprint density at radius 2 is 1.62 bits per heavy atom. The fourth-order valence-electron chi connectivity index (χ4n) is 3.59. The first-order valence-electron chi connectivity index (χ1n) is 7.84. The molecule has 0 radical (unpaired) electrons. The molecule has 112 valence electrons. The molecule has 3 atom stereocenters. The van der Waals surface area contributed by atoms with E-state index in [1.165, 1.54) is 4.90 Å². The lowest BCUT2D eigenvalue weighted by atomic mass is 9.81. The van der Waals surface area contributed by atoms with Crippen molar-refractivity contribution in [2.75, 3.05) is 6.54 Å². The number of amides is 2. The molecule has 3 unspecified atom stereocenters. The van der Waals surface area contributed by atoms with Crippen LogP contribution in [0.15, 0.2) is 30.3 Å². The Morgan fingerprint density at radius 1 is 1.05 bits per heavy atom. The first kappa shape index (κ1) is 14.3. The molecule has 0 bridgehead atoms. The highest BCUT2D eigenvalue weighted by atomic mass is 16.2. The molecule has 4 heteroatoms. The molecule has 21 heavy (non-hydrogen) atoms. The van der Waals surface area contributed by atoms with Gasteiger partial charge in [0.15, 0.2) is 0 Å². The number of nitrogens with two attached hydrogens (primary N) is 1. The summed E-state index contributed by atoms with van der Waals surface area (Å²) in [5.74, 6) is -0.0478. The normalized spacial score (nSPS) is 26.8. The van der Waals surface area contributed by atoms with E-state index < -0.39 is 0 Å². The molecule has 1 aromatic carbocycles. The summed E-state index contributed by atoms with van der Waals surface area (Å²) in [6.45, 7) is 0.445. The summed E-state index contributed by atoms with van der Waals surface area (Å²) in [4.78, 5) is 26.2. The van der Waals surface area contributed by atoms with E-state index in [4.69, 9.17) is 5.73 Å². The third-order valence-corrected chi connectivity index (χ3v) is 4.82. The molecule has 0 aromatic heterocycles. The molecular formula is C17H22N2O2. The van der Waals surface area contributed by atoms with Gasteiger partial charge in [0.25, 0.3) is 0 Å². The van der Waals surface area contributed by atoms with E-state index in [-0.39, 0.29) is 29.7 Å². The number of hydrogen-bond donors (Lipinski definition) is 1. The van der Waals surface area contributed by atoms with Gasteiger partial charge < -0.3 is 5.73 Å². The average Bonchev–Trinajstić information content (AvgIpc) is 2.78. The quantitative estimate of drug-likeness (QED) is 0.863. The summed E-state index contributed by atoms with van der Waals surface area (Å²) < 4.78 is 0. The molecule has 1 saturated heterocycles. The zero-order chi connectivity index (χ0) is 14.8. The SMILES string of the molecule is NC(CCN1C(=O)C2CCCCC2C1=O)c1ccccc1. The second kappa shape index (κ2) is 5.98. The van der Waals surface area contributed by atoms with Gasteiger partial charge in [0.2, 0.25) is 11.8 Å². The summed E-state index contributed by atoms with van der Waals surface area (Å²) in [6.07, 6.45) is 4.50. The third kappa shape index (κ3) is 2.72. The van der Waals surface area contributed by atoms with Gasteiger partial charge in [-0.15, -0.1) is 0 Å². The first-order chi connectivity index (χ1) is 10.2. The molecule has 1 heterocycles. The van der Waals surface area contributed by atoms with E-state index in [0.717, 1.165) is 31.2 Å². The maximum absolute atomic E-state index is 12.4. The molecule has 2 fully saturated rings. The number of fused-ring (bicyclic) bond motifs is 1. The number of carbonyl (C=O) groups is 2. The Morgan fingerprint density at radius 3 is 2.19 bits per heavy atom. The minimum atomic E-state index is -0.130. The van der Waals surface area contributed by atoms with Gasteiger partial charge in [-0.2, -0.15) is 0 Å². The van der Waals surface area contributed by atoms with Crippen LogP contribution >= 0.6 is 0 Å². The van der Waals surface area contributed by atoms with Gasteiger partial charge in [-0.1, -0.05) is 43.2 Å². The molecule has 1 aliphatic carbocycles. The number of nitrogens with zero attached hydrogens (tertiary/aromatic N) is 1. The van der Waals surface area contributed by atoms with E-state index in [1.54, 1.807) is 0 Å². The van der Waals surface area contributed by atoms with Gasteiger partial charge in [0, 0.05) is 12.6 Å². The Bertz CT molecular complexity index is 505. The molecule has 2 aliphatic rings. The van der Waals surface area contributed by atoms with Gasteiger partial charge >= 0.3 is 0 Å². The minimum absolute atomic E-state index is 0.0324. The van der Waals surface area contributed by atoms with Crippen LogP contribution in [-0.4, -0.2) is 23.3 Å². The number of carbonyl (C=O) groups excluding carboxylic acids is 2. The average molecular weight is 286 g/mol. The van der Waals surface area contributed by atoms with Crippen molar-refractivity contribution in [1.82, 2.24) is 4.90 Å². The van der Waals surface area contributed by atoms with Gasteiger partial charge in [0.05, 0.1) is 11.8 Å². The van der Waals surface area contributed by atoms with Crippen LogP contribution in [0.3, 0.4) is 0 Å². The summed E-state index contributed by atoms with van der Waals surface area (Å²) in [6, 6.07) is 9.70. The van der Waals surface area contributed by atoms with Gasteiger partial charge in [-0.25, -0.2) is 0 Å². The molecular weight excluding hydrogens is 264 g/mol. The minimum Gasteiger partial charge on any atom is -0.324 e. The monoisotopic (exact) mass is 286 g/mol. The lowest BCUT2D eigenvalue weighted by Gasteiger charge is -2.19. The lowest BCUT2D eigenvalue weighted by molar-refractivity contribution is -0.140. The largest absolute Gasteiger partial charge is 0.324 e. The van der Waals surface area contributed by atoms with Crippen molar-refractivity contribution in [3.05, 3.63) is 35.9 Å². The molecule has 1 aliphatic heterocycles. The molecule has 1 saturated carbocycles. The van der Waals surface area contributed by atoms with Crippen LogP contribution in [0, 0.1) is 11.8 Å². The highest BCUT2D eigenvalue weighted by molar-refractivity contribution is 6.05. The van der Waals surface area contributed by atoms with Crippen molar-refractivity contribution in [2.24, 2.45) is 17.6 Å². The fraction of sp³-hybridized carbons (Fsp3) is 0.529. The summed E-state index contributed by atoms with van der Waals surface area (Å²) in [5, 5.41) is 0. The highest BCUT2D eigenvalue weighted by Crippen LogP contribution is 2.38. The van der Waals surface area contributed by atoms with Crippen molar-refractivity contribution < 1.29 is 9.59 Å². The van der Waals surface area contributed by atoms with Crippen LogP contribution in [0.5, 0.6) is 0 Å². The van der Waals surface area contributed by atoms with E-state index in [2.05, 4.69) is 0 Å². The van der Waals surface area contributed by atoms with Crippen LogP contribution in [0.25, 0.3) is 0 Å². The Balaban J connectivity index is 1.63. The summed E-state index contributed by atoms with van der Waals surface area (Å²) >= 11 is 0. The molecule has 2 N–H and O–H groups in total. The fourth-order valence-corrected chi connectivity index (χ4v) is 3.59. The Kier molecular flexibility index (Phi) is 4.06. The molecule has 2 amide bonds. The van der Waals surface area contributed by atoms with Crippen LogP contribution in [0.2, 0.25) is 0 Å². The lowest BCUT2D eigenvalue weighted by Crippen LogP contribution is -2.33. The standard InChI is InChI=1S/C17H22N2O2/c18-15(12-6-2-1-3-7-12)10-11-19-16(20)13-8-4-5-9-14(13)17(19)21/h1-3,6-7,13-15H,4-5,8-11,18H2. The number of rotatable bonds is 4. The van der Waals surface area contributed by atoms with Crippen LogP contribution in [0.1, 0.15) is 43.7 Å². The van der Waals surface area contributed by atoms with Crippen molar-refractivity contribution in [3.8, 4) is 0 Å². The van der Waals surface area contributed by atoms with E-state index in [0.29, 0.717) is 13.0 Å². The first-order valence-corrected chi connectivity index (χ1v) is 7.84. The smallest absolute Gasteiger partial charge is 0.233 e. The summed E-state index contributed by atoms with van der Waals surface area (Å²) in [7, 11) is 0. The van der Waals surface area contributed by atoms with Crippen LogP contribution < -0.4 is 5.73 Å². The second-order valence-corrected chi connectivity index (χ2v) is 6.13. The van der Waals surface area contributed by atoms with Crippen molar-refractivity contribution in [3.63, 3.8) is 0 Å². The second-order valence-electron chi connectivity index (χ2n) is 6.13. The van der Waals surface area contributed by atoms with E-state index in [1.807, 2.05) is 30.3 Å². The van der Waals surface area contributed by atoms with Crippen LogP contribution in [-0.2, 0) is 9.59 Å². The van der Waals surface area contributed by atoms with Gasteiger partial charge in [-0.05, 0) is 24.8 Å². The molecule has 1 aromatic rings. The van der Waals surface area contributed by atoms with Crippen molar-refractivity contribution in [2.45, 2.75) is 38.1 Å². The highest BCUT2D eigenvalue weighted by Gasteiger charge is 2.47. The predicted molar refractivity (Wildman–Crippen MR) is 80.2 cm³/mol. The topological polar surface area (TPSA) is 63.4 Å².